The Hall–Kier alpha value is -2.44. The van der Waals surface area contributed by atoms with Crippen LogP contribution >= 0.6 is 0 Å². The molecule has 0 saturated carbocycles. The van der Waals surface area contributed by atoms with Crippen molar-refractivity contribution in [3.05, 3.63) is 54.0 Å². The third-order valence-corrected chi connectivity index (χ3v) is 4.91. The number of anilines is 1. The zero-order valence-corrected chi connectivity index (χ0v) is 15.1. The molecule has 1 aliphatic heterocycles. The van der Waals surface area contributed by atoms with Crippen molar-refractivity contribution in [1.82, 2.24) is 20.0 Å². The Kier molecular flexibility index (Phi) is 5.13. The number of aromatic amines is 1. The SMILES string of the molecule is NCCCCN(Cc1nc2ccccc2[nH]1)N1CCCc2cccnc21. The molecule has 0 amide bonds. The molecule has 26 heavy (non-hydrogen) atoms. The van der Waals surface area contributed by atoms with Crippen LogP contribution in [-0.4, -0.2) is 39.6 Å². The molecular weight excluding hydrogens is 324 g/mol. The molecule has 6 heteroatoms. The van der Waals surface area contributed by atoms with Crippen LogP contribution in [0.15, 0.2) is 42.6 Å². The van der Waals surface area contributed by atoms with Gasteiger partial charge in [0.25, 0.3) is 0 Å². The van der Waals surface area contributed by atoms with Gasteiger partial charge in [-0.1, -0.05) is 18.2 Å². The first-order valence-electron chi connectivity index (χ1n) is 9.45. The standard InChI is InChI=1S/C20H26N6/c21-11-3-4-13-25(15-19-23-17-9-1-2-10-18(17)24-19)26-14-6-8-16-7-5-12-22-20(16)26/h1-2,5,7,9-10,12H,3-4,6,8,11,13-15,21H2,(H,23,24). The molecule has 0 unspecified atom stereocenters. The van der Waals surface area contributed by atoms with E-state index in [2.05, 4.69) is 32.1 Å². The number of unbranched alkanes of at least 4 members (excludes halogenated alkanes) is 1. The van der Waals surface area contributed by atoms with Crippen molar-refractivity contribution >= 4 is 16.9 Å². The van der Waals surface area contributed by atoms with E-state index in [4.69, 9.17) is 10.7 Å². The van der Waals surface area contributed by atoms with E-state index in [9.17, 15) is 0 Å². The van der Waals surface area contributed by atoms with Crippen LogP contribution < -0.4 is 10.7 Å². The fourth-order valence-corrected chi connectivity index (χ4v) is 3.64. The number of pyridine rings is 1. The summed E-state index contributed by atoms with van der Waals surface area (Å²) >= 11 is 0. The molecule has 3 aromatic rings. The van der Waals surface area contributed by atoms with Gasteiger partial charge in [-0.05, 0) is 56.0 Å². The van der Waals surface area contributed by atoms with Gasteiger partial charge in [-0.25, -0.2) is 15.0 Å². The molecule has 0 fully saturated rings. The second kappa shape index (κ2) is 7.85. The number of rotatable bonds is 7. The summed E-state index contributed by atoms with van der Waals surface area (Å²) in [4.78, 5) is 12.9. The van der Waals surface area contributed by atoms with E-state index in [0.29, 0.717) is 0 Å². The first-order chi connectivity index (χ1) is 12.8. The van der Waals surface area contributed by atoms with Gasteiger partial charge in [-0.3, -0.25) is 5.01 Å². The lowest BCUT2D eigenvalue weighted by Gasteiger charge is -2.39. The van der Waals surface area contributed by atoms with Crippen molar-refractivity contribution in [2.24, 2.45) is 5.73 Å². The van der Waals surface area contributed by atoms with Gasteiger partial charge in [-0.2, -0.15) is 0 Å². The maximum atomic E-state index is 5.71. The Morgan fingerprint density at radius 3 is 2.96 bits per heavy atom. The van der Waals surface area contributed by atoms with Gasteiger partial charge < -0.3 is 10.7 Å². The van der Waals surface area contributed by atoms with Crippen molar-refractivity contribution in [3.8, 4) is 0 Å². The molecule has 1 aromatic carbocycles. The molecule has 0 atom stereocenters. The normalized spacial score (nSPS) is 14.2. The fourth-order valence-electron chi connectivity index (χ4n) is 3.64. The van der Waals surface area contributed by atoms with Crippen LogP contribution in [0.2, 0.25) is 0 Å². The number of imidazole rings is 1. The lowest BCUT2D eigenvalue weighted by molar-refractivity contribution is 0.223. The minimum atomic E-state index is 0.729. The largest absolute Gasteiger partial charge is 0.341 e. The number of nitrogens with two attached hydrogens (primary N) is 1. The fraction of sp³-hybridized carbons (Fsp3) is 0.400. The summed E-state index contributed by atoms with van der Waals surface area (Å²) in [5.41, 5.74) is 9.14. The molecule has 3 N–H and O–H groups in total. The van der Waals surface area contributed by atoms with Crippen molar-refractivity contribution in [3.63, 3.8) is 0 Å². The number of aryl methyl sites for hydroxylation is 1. The highest BCUT2D eigenvalue weighted by Gasteiger charge is 2.24. The van der Waals surface area contributed by atoms with Gasteiger partial charge in [0.05, 0.1) is 17.6 Å². The lowest BCUT2D eigenvalue weighted by Crippen LogP contribution is -2.46. The van der Waals surface area contributed by atoms with Crippen LogP contribution in [-0.2, 0) is 13.0 Å². The van der Waals surface area contributed by atoms with Crippen LogP contribution in [0.4, 0.5) is 5.82 Å². The number of H-pyrrole nitrogens is 1. The molecule has 2 aromatic heterocycles. The predicted molar refractivity (Wildman–Crippen MR) is 105 cm³/mol. The number of aromatic nitrogens is 3. The van der Waals surface area contributed by atoms with Crippen molar-refractivity contribution in [2.75, 3.05) is 24.6 Å². The molecule has 0 aliphatic carbocycles. The van der Waals surface area contributed by atoms with Gasteiger partial charge in [0.2, 0.25) is 0 Å². The van der Waals surface area contributed by atoms with E-state index in [1.54, 1.807) is 0 Å². The molecule has 0 bridgehead atoms. The number of nitrogens with one attached hydrogen (secondary N) is 1. The summed E-state index contributed by atoms with van der Waals surface area (Å²) in [7, 11) is 0. The Morgan fingerprint density at radius 2 is 2.08 bits per heavy atom. The number of benzene rings is 1. The number of hydrogen-bond donors (Lipinski definition) is 2. The number of hydrogen-bond acceptors (Lipinski definition) is 5. The Morgan fingerprint density at radius 1 is 1.15 bits per heavy atom. The molecule has 3 heterocycles. The molecule has 0 radical (unpaired) electrons. The summed E-state index contributed by atoms with van der Waals surface area (Å²) in [6.07, 6.45) is 6.22. The smallest absolute Gasteiger partial charge is 0.146 e. The minimum Gasteiger partial charge on any atom is -0.341 e. The van der Waals surface area contributed by atoms with E-state index in [-0.39, 0.29) is 0 Å². The highest BCUT2D eigenvalue weighted by molar-refractivity contribution is 5.74. The summed E-state index contributed by atoms with van der Waals surface area (Å²) in [6.45, 7) is 3.42. The first kappa shape index (κ1) is 17.0. The van der Waals surface area contributed by atoms with Crippen LogP contribution in [0.25, 0.3) is 11.0 Å². The van der Waals surface area contributed by atoms with E-state index in [0.717, 1.165) is 74.5 Å². The maximum Gasteiger partial charge on any atom is 0.146 e. The van der Waals surface area contributed by atoms with E-state index < -0.39 is 0 Å². The summed E-state index contributed by atoms with van der Waals surface area (Å²) < 4.78 is 0. The summed E-state index contributed by atoms with van der Waals surface area (Å²) in [5.74, 6) is 2.07. The summed E-state index contributed by atoms with van der Waals surface area (Å²) in [6, 6.07) is 12.4. The molecule has 0 spiro atoms. The van der Waals surface area contributed by atoms with Gasteiger partial charge in [0, 0.05) is 19.3 Å². The average molecular weight is 350 g/mol. The third kappa shape index (κ3) is 3.57. The molecule has 4 rings (SSSR count). The van der Waals surface area contributed by atoms with Crippen LogP contribution in [0.5, 0.6) is 0 Å². The number of hydrazine groups is 1. The second-order valence-electron chi connectivity index (χ2n) is 6.80. The van der Waals surface area contributed by atoms with Gasteiger partial charge in [-0.15, -0.1) is 0 Å². The monoisotopic (exact) mass is 350 g/mol. The van der Waals surface area contributed by atoms with Gasteiger partial charge in [0.1, 0.15) is 11.6 Å². The Labute approximate surface area is 154 Å². The summed E-state index contributed by atoms with van der Waals surface area (Å²) in [5, 5.41) is 4.71. The first-order valence-corrected chi connectivity index (χ1v) is 9.45. The minimum absolute atomic E-state index is 0.729. The quantitative estimate of drug-likeness (QED) is 0.641. The number of para-hydroxylation sites is 2. The van der Waals surface area contributed by atoms with Gasteiger partial charge >= 0.3 is 0 Å². The molecule has 1 aliphatic rings. The van der Waals surface area contributed by atoms with E-state index in [1.807, 2.05) is 30.5 Å². The van der Waals surface area contributed by atoms with Crippen molar-refractivity contribution < 1.29 is 0 Å². The highest BCUT2D eigenvalue weighted by atomic mass is 15.6. The Bertz CT molecular complexity index is 825. The van der Waals surface area contributed by atoms with Crippen molar-refractivity contribution in [2.45, 2.75) is 32.2 Å². The van der Waals surface area contributed by atoms with Crippen LogP contribution in [0.1, 0.15) is 30.7 Å². The van der Waals surface area contributed by atoms with Crippen LogP contribution in [0, 0.1) is 0 Å². The van der Waals surface area contributed by atoms with Gasteiger partial charge in [0.15, 0.2) is 0 Å². The maximum absolute atomic E-state index is 5.71. The number of fused-ring (bicyclic) bond motifs is 2. The Balaban J connectivity index is 1.60. The van der Waals surface area contributed by atoms with Crippen LogP contribution in [0.3, 0.4) is 0 Å². The zero-order chi connectivity index (χ0) is 17.8. The van der Waals surface area contributed by atoms with E-state index >= 15 is 0 Å². The van der Waals surface area contributed by atoms with Crippen molar-refractivity contribution in [1.29, 1.82) is 0 Å². The highest BCUT2D eigenvalue weighted by Crippen LogP contribution is 2.26. The molecular formula is C20H26N6. The predicted octanol–water partition coefficient (Wildman–Crippen LogP) is 2.87. The second-order valence-corrected chi connectivity index (χ2v) is 6.80. The molecule has 6 nitrogen and oxygen atoms in total. The topological polar surface area (TPSA) is 74.1 Å². The van der Waals surface area contributed by atoms with E-state index in [1.165, 1.54) is 5.56 Å². The number of nitrogens with zero attached hydrogens (tertiary/aromatic N) is 4. The average Bonchev–Trinajstić information content (AvgIpc) is 3.09. The molecule has 136 valence electrons. The zero-order valence-electron chi connectivity index (χ0n) is 15.1. The lowest BCUT2D eigenvalue weighted by atomic mass is 10.1. The third-order valence-electron chi connectivity index (χ3n) is 4.91. The molecule has 0 saturated heterocycles.